The first-order valence-corrected chi connectivity index (χ1v) is 8.98. The van der Waals surface area contributed by atoms with Crippen LogP contribution in [0.25, 0.3) is 0 Å². The highest BCUT2D eigenvalue weighted by Crippen LogP contribution is 2.65. The standard InChI is InChI=1S/C18H21BrFNO/c19-18-8-12-5-13(9-18)7-17(6-12,11-18)10-16(22)21-15-4-2-1-3-14(15)20/h1-4,12-13H,5-11H2,(H,21,22)/t12-,13+,17?,18?. The highest BCUT2D eigenvalue weighted by atomic mass is 79.9. The number of rotatable bonds is 3. The molecule has 0 aliphatic heterocycles. The summed E-state index contributed by atoms with van der Waals surface area (Å²) in [6.07, 6.45) is 7.83. The Hall–Kier alpha value is -0.900. The lowest BCUT2D eigenvalue weighted by Crippen LogP contribution is -2.53. The van der Waals surface area contributed by atoms with Gasteiger partial charge in [0.25, 0.3) is 0 Å². The van der Waals surface area contributed by atoms with E-state index in [1.807, 2.05) is 0 Å². The van der Waals surface area contributed by atoms with Gasteiger partial charge in [-0.15, -0.1) is 0 Å². The van der Waals surface area contributed by atoms with Gasteiger partial charge in [0, 0.05) is 10.7 Å². The van der Waals surface area contributed by atoms with Crippen molar-refractivity contribution in [1.29, 1.82) is 0 Å². The van der Waals surface area contributed by atoms with Crippen molar-refractivity contribution in [3.8, 4) is 0 Å². The number of hydrogen-bond donors (Lipinski definition) is 1. The zero-order valence-electron chi connectivity index (χ0n) is 12.6. The van der Waals surface area contributed by atoms with Gasteiger partial charge >= 0.3 is 0 Å². The fourth-order valence-corrected chi connectivity index (χ4v) is 7.15. The monoisotopic (exact) mass is 365 g/mol. The average molecular weight is 366 g/mol. The van der Waals surface area contributed by atoms with E-state index in [4.69, 9.17) is 0 Å². The number of anilines is 1. The molecule has 4 bridgehead atoms. The van der Waals surface area contributed by atoms with Gasteiger partial charge < -0.3 is 5.32 Å². The number of benzene rings is 1. The number of para-hydroxylation sites is 1. The van der Waals surface area contributed by atoms with E-state index < -0.39 is 0 Å². The first kappa shape index (κ1) is 14.7. The number of hydrogen-bond acceptors (Lipinski definition) is 1. The molecule has 0 spiro atoms. The molecule has 118 valence electrons. The molecule has 4 fully saturated rings. The Labute approximate surface area is 139 Å². The normalized spacial score (nSPS) is 39.0. The molecule has 1 N–H and O–H groups in total. The zero-order chi connectivity index (χ0) is 15.4. The maximum absolute atomic E-state index is 13.7. The summed E-state index contributed by atoms with van der Waals surface area (Å²) in [5, 5.41) is 2.77. The number of nitrogens with one attached hydrogen (secondary N) is 1. The molecule has 5 rings (SSSR count). The van der Waals surface area contributed by atoms with E-state index in [9.17, 15) is 9.18 Å². The minimum absolute atomic E-state index is 0.0387. The summed E-state index contributed by atoms with van der Waals surface area (Å²) in [4.78, 5) is 12.5. The third-order valence-electron chi connectivity index (χ3n) is 5.79. The van der Waals surface area contributed by atoms with Gasteiger partial charge in [-0.2, -0.15) is 0 Å². The molecule has 4 aliphatic carbocycles. The van der Waals surface area contributed by atoms with Crippen LogP contribution in [0.4, 0.5) is 10.1 Å². The van der Waals surface area contributed by atoms with Gasteiger partial charge in [-0.25, -0.2) is 4.39 Å². The van der Waals surface area contributed by atoms with Gasteiger partial charge in [-0.05, 0) is 67.9 Å². The first-order chi connectivity index (χ1) is 10.5. The Morgan fingerprint density at radius 3 is 2.55 bits per heavy atom. The molecular formula is C18H21BrFNO. The number of amides is 1. The van der Waals surface area contributed by atoms with Gasteiger partial charge in [0.2, 0.25) is 5.91 Å². The van der Waals surface area contributed by atoms with Gasteiger partial charge in [-0.1, -0.05) is 28.1 Å². The van der Waals surface area contributed by atoms with Crippen molar-refractivity contribution in [3.63, 3.8) is 0 Å². The van der Waals surface area contributed by atoms with Crippen LogP contribution in [-0.2, 0) is 4.79 Å². The van der Waals surface area contributed by atoms with Gasteiger partial charge in [0.05, 0.1) is 5.69 Å². The first-order valence-electron chi connectivity index (χ1n) is 8.19. The molecule has 4 heteroatoms. The van der Waals surface area contributed by atoms with Crippen molar-refractivity contribution in [3.05, 3.63) is 30.1 Å². The maximum Gasteiger partial charge on any atom is 0.225 e. The maximum atomic E-state index is 13.7. The second-order valence-electron chi connectivity index (χ2n) is 7.82. The minimum atomic E-state index is -0.363. The summed E-state index contributed by atoms with van der Waals surface area (Å²) in [6, 6.07) is 6.39. The lowest BCUT2D eigenvalue weighted by atomic mass is 9.48. The SMILES string of the molecule is O=C(CC12C[C@@H]3C[C@@H](CC(Br)(C3)C1)C2)Nc1ccccc1F. The molecular weight excluding hydrogens is 345 g/mol. The summed E-state index contributed by atoms with van der Waals surface area (Å²) in [5.41, 5.74) is 0.425. The Kier molecular flexibility index (Phi) is 3.37. The summed E-state index contributed by atoms with van der Waals surface area (Å²) in [6.45, 7) is 0. The zero-order valence-corrected chi connectivity index (χ0v) is 14.2. The van der Waals surface area contributed by atoms with E-state index in [1.165, 1.54) is 38.2 Å². The summed E-state index contributed by atoms with van der Waals surface area (Å²) in [7, 11) is 0. The molecule has 4 atom stereocenters. The molecule has 4 aliphatic rings. The van der Waals surface area contributed by atoms with Crippen LogP contribution in [0.5, 0.6) is 0 Å². The van der Waals surface area contributed by atoms with Crippen LogP contribution in [0.3, 0.4) is 0 Å². The molecule has 0 aromatic heterocycles. The lowest BCUT2D eigenvalue weighted by molar-refractivity contribution is -0.123. The molecule has 0 saturated heterocycles. The van der Waals surface area contributed by atoms with E-state index >= 15 is 0 Å². The van der Waals surface area contributed by atoms with E-state index in [2.05, 4.69) is 21.2 Å². The topological polar surface area (TPSA) is 29.1 Å². The van der Waals surface area contributed by atoms with Crippen molar-refractivity contribution in [2.24, 2.45) is 17.3 Å². The van der Waals surface area contributed by atoms with Crippen LogP contribution in [0.2, 0.25) is 0 Å². The minimum Gasteiger partial charge on any atom is -0.324 e. The predicted octanol–water partition coefficient (Wildman–Crippen LogP) is 4.89. The third kappa shape index (κ3) is 2.60. The molecule has 2 unspecified atom stereocenters. The molecule has 2 nitrogen and oxygen atoms in total. The summed E-state index contributed by atoms with van der Waals surface area (Å²) < 4.78 is 13.9. The van der Waals surface area contributed by atoms with Crippen LogP contribution in [-0.4, -0.2) is 10.2 Å². The van der Waals surface area contributed by atoms with E-state index in [1.54, 1.807) is 18.2 Å². The number of carbonyl (C=O) groups is 1. The Morgan fingerprint density at radius 1 is 1.23 bits per heavy atom. The van der Waals surface area contributed by atoms with Crippen molar-refractivity contribution < 1.29 is 9.18 Å². The second-order valence-corrected chi connectivity index (χ2v) is 9.50. The van der Waals surface area contributed by atoms with Crippen LogP contribution < -0.4 is 5.32 Å². The average Bonchev–Trinajstić information content (AvgIpc) is 2.37. The molecule has 0 radical (unpaired) electrons. The third-order valence-corrected chi connectivity index (χ3v) is 6.72. The highest BCUT2D eigenvalue weighted by Gasteiger charge is 2.57. The van der Waals surface area contributed by atoms with Crippen molar-refractivity contribution in [2.45, 2.75) is 49.3 Å². The summed E-state index contributed by atoms with van der Waals surface area (Å²) >= 11 is 3.97. The van der Waals surface area contributed by atoms with Crippen LogP contribution in [0, 0.1) is 23.1 Å². The fraction of sp³-hybridized carbons (Fsp3) is 0.611. The van der Waals surface area contributed by atoms with E-state index in [-0.39, 0.29) is 21.5 Å². The van der Waals surface area contributed by atoms with Gasteiger partial charge in [0.1, 0.15) is 5.82 Å². The number of alkyl halides is 1. The molecule has 1 aromatic rings. The molecule has 1 amide bonds. The second kappa shape index (κ2) is 5.05. The van der Waals surface area contributed by atoms with E-state index in [0.717, 1.165) is 18.3 Å². The molecule has 1 aromatic carbocycles. The molecule has 4 saturated carbocycles. The highest BCUT2D eigenvalue weighted by molar-refractivity contribution is 9.10. The van der Waals surface area contributed by atoms with Gasteiger partial charge in [-0.3, -0.25) is 4.79 Å². The van der Waals surface area contributed by atoms with Crippen LogP contribution >= 0.6 is 15.9 Å². The predicted molar refractivity (Wildman–Crippen MR) is 88.4 cm³/mol. The Bertz CT molecular complexity index is 603. The van der Waals surface area contributed by atoms with Gasteiger partial charge in [0.15, 0.2) is 0 Å². The summed E-state index contributed by atoms with van der Waals surface area (Å²) in [5.74, 6) is 1.13. The Morgan fingerprint density at radius 2 is 1.91 bits per heavy atom. The van der Waals surface area contributed by atoms with Crippen LogP contribution in [0.1, 0.15) is 44.9 Å². The smallest absolute Gasteiger partial charge is 0.225 e. The van der Waals surface area contributed by atoms with Crippen molar-refractivity contribution in [2.75, 3.05) is 5.32 Å². The Balaban J connectivity index is 1.49. The molecule has 0 heterocycles. The quantitative estimate of drug-likeness (QED) is 0.759. The molecule has 22 heavy (non-hydrogen) atoms. The largest absolute Gasteiger partial charge is 0.324 e. The van der Waals surface area contributed by atoms with Crippen molar-refractivity contribution >= 4 is 27.5 Å². The number of carbonyl (C=O) groups excluding carboxylic acids is 1. The number of halogens is 2. The van der Waals surface area contributed by atoms with E-state index in [0.29, 0.717) is 12.1 Å². The lowest BCUT2D eigenvalue weighted by Gasteiger charge is -2.60. The fourth-order valence-electron chi connectivity index (χ4n) is 5.64. The van der Waals surface area contributed by atoms with Crippen LogP contribution in [0.15, 0.2) is 24.3 Å². The van der Waals surface area contributed by atoms with Crippen molar-refractivity contribution in [1.82, 2.24) is 0 Å².